The normalized spacial score (nSPS) is 12.4. The molecule has 4 rings (SSSR count). The van der Waals surface area contributed by atoms with Gasteiger partial charge < -0.3 is 43.8 Å². The summed E-state index contributed by atoms with van der Waals surface area (Å²) >= 11 is 0. The van der Waals surface area contributed by atoms with Gasteiger partial charge in [-0.25, -0.2) is 4.79 Å². The van der Waals surface area contributed by atoms with Crippen molar-refractivity contribution in [2.24, 2.45) is 0 Å². The molecule has 0 radical (unpaired) electrons. The van der Waals surface area contributed by atoms with Gasteiger partial charge in [0, 0.05) is 25.1 Å². The van der Waals surface area contributed by atoms with Crippen molar-refractivity contribution in [2.45, 2.75) is 39.5 Å². The number of aromatic nitrogens is 1. The molecular weight excluding hydrogens is 560 g/mol. The van der Waals surface area contributed by atoms with Crippen molar-refractivity contribution in [3.63, 3.8) is 0 Å². The van der Waals surface area contributed by atoms with E-state index in [1.54, 1.807) is 19.1 Å². The molecule has 1 aromatic heterocycles. The fraction of sp³-hybridized carbons (Fsp3) is 0.387. The third-order valence-corrected chi connectivity index (χ3v) is 6.76. The van der Waals surface area contributed by atoms with E-state index in [2.05, 4.69) is 10.3 Å². The SMILES string of the molecule is CCOC(=O)c1c[nH]c(=O)c([C@@H](CC(=O)NCCc2ccc(OCC)c(OCC)c2)c2cc(OC)c3c(c2)OCO3)c1O. The molecule has 3 N–H and O–H groups in total. The highest BCUT2D eigenvalue weighted by atomic mass is 16.7. The number of hydrogen-bond acceptors (Lipinski definition) is 10. The first kappa shape index (κ1) is 31.1. The van der Waals surface area contributed by atoms with Crippen molar-refractivity contribution in [3.05, 3.63) is 69.1 Å². The van der Waals surface area contributed by atoms with E-state index in [1.165, 1.54) is 7.11 Å². The third kappa shape index (κ3) is 7.14. The van der Waals surface area contributed by atoms with Crippen LogP contribution in [0, 0.1) is 0 Å². The van der Waals surface area contributed by atoms with Crippen LogP contribution < -0.4 is 34.6 Å². The molecule has 1 aliphatic rings. The average Bonchev–Trinajstić information content (AvgIpc) is 3.47. The highest BCUT2D eigenvalue weighted by molar-refractivity contribution is 5.92. The van der Waals surface area contributed by atoms with Gasteiger partial charge in [-0.1, -0.05) is 6.07 Å². The number of fused-ring (bicyclic) bond motifs is 1. The van der Waals surface area contributed by atoms with Gasteiger partial charge >= 0.3 is 5.97 Å². The van der Waals surface area contributed by atoms with Crippen molar-refractivity contribution < 1.29 is 43.1 Å². The Labute approximate surface area is 248 Å². The molecular formula is C31H36N2O10. The van der Waals surface area contributed by atoms with Crippen LogP contribution >= 0.6 is 0 Å². The molecule has 0 saturated carbocycles. The van der Waals surface area contributed by atoms with Crippen molar-refractivity contribution in [2.75, 3.05) is 40.3 Å². The highest BCUT2D eigenvalue weighted by Gasteiger charge is 2.31. The Hall–Kier alpha value is -4.87. The molecule has 0 bridgehead atoms. The predicted molar refractivity (Wildman–Crippen MR) is 156 cm³/mol. The molecule has 2 aromatic carbocycles. The van der Waals surface area contributed by atoms with Crippen LogP contribution in [-0.2, 0) is 16.0 Å². The molecule has 1 aliphatic heterocycles. The second-order valence-corrected chi connectivity index (χ2v) is 9.47. The summed E-state index contributed by atoms with van der Waals surface area (Å²) < 4.78 is 32.8. The van der Waals surface area contributed by atoms with Crippen LogP contribution in [0.1, 0.15) is 60.2 Å². The van der Waals surface area contributed by atoms with Crippen LogP contribution in [0.3, 0.4) is 0 Å². The second-order valence-electron chi connectivity index (χ2n) is 9.47. The summed E-state index contributed by atoms with van der Waals surface area (Å²) in [6.45, 7) is 6.73. The van der Waals surface area contributed by atoms with E-state index in [0.29, 0.717) is 60.5 Å². The third-order valence-electron chi connectivity index (χ3n) is 6.76. The number of hydrogen-bond donors (Lipinski definition) is 3. The Balaban J connectivity index is 1.61. The molecule has 1 atom stereocenters. The molecule has 2 heterocycles. The number of pyridine rings is 1. The average molecular weight is 597 g/mol. The van der Waals surface area contributed by atoms with Gasteiger partial charge in [0.1, 0.15) is 11.3 Å². The van der Waals surface area contributed by atoms with Crippen molar-refractivity contribution in [3.8, 4) is 34.5 Å². The Morgan fingerprint density at radius 3 is 2.51 bits per heavy atom. The monoisotopic (exact) mass is 596 g/mol. The lowest BCUT2D eigenvalue weighted by molar-refractivity contribution is -0.121. The molecule has 43 heavy (non-hydrogen) atoms. The van der Waals surface area contributed by atoms with Crippen LogP contribution in [0.5, 0.6) is 34.5 Å². The first-order chi connectivity index (χ1) is 20.8. The van der Waals surface area contributed by atoms with Crippen LogP contribution in [0.4, 0.5) is 0 Å². The maximum Gasteiger partial charge on any atom is 0.343 e. The number of aromatic hydroxyl groups is 1. The van der Waals surface area contributed by atoms with Crippen molar-refractivity contribution in [1.29, 1.82) is 0 Å². The topological polar surface area (TPSA) is 155 Å². The zero-order valence-corrected chi connectivity index (χ0v) is 24.6. The number of nitrogens with one attached hydrogen (secondary N) is 2. The van der Waals surface area contributed by atoms with Gasteiger partial charge in [0.15, 0.2) is 23.0 Å². The number of amides is 1. The summed E-state index contributed by atoms with van der Waals surface area (Å²) in [5, 5.41) is 14.0. The molecule has 3 aromatic rings. The summed E-state index contributed by atoms with van der Waals surface area (Å²) in [6, 6.07) is 8.84. The molecule has 1 amide bonds. The summed E-state index contributed by atoms with van der Waals surface area (Å²) in [7, 11) is 1.45. The zero-order chi connectivity index (χ0) is 30.9. The number of aromatic amines is 1. The summed E-state index contributed by atoms with van der Waals surface area (Å²) in [5.74, 6) is -0.425. The molecule has 12 heteroatoms. The molecule has 0 spiro atoms. The van der Waals surface area contributed by atoms with Gasteiger partial charge in [-0.2, -0.15) is 0 Å². The van der Waals surface area contributed by atoms with Gasteiger partial charge in [0.2, 0.25) is 18.4 Å². The summed E-state index contributed by atoms with van der Waals surface area (Å²) in [6.07, 6.45) is 1.36. The van der Waals surface area contributed by atoms with E-state index in [0.717, 1.165) is 11.8 Å². The smallest absolute Gasteiger partial charge is 0.343 e. The minimum Gasteiger partial charge on any atom is -0.506 e. The Kier molecular flexibility index (Phi) is 10.4. The lowest BCUT2D eigenvalue weighted by Gasteiger charge is -2.20. The Bertz CT molecular complexity index is 1520. The van der Waals surface area contributed by atoms with Crippen LogP contribution in [0.25, 0.3) is 0 Å². The standard InChI is InChI=1S/C31H36N2O10/c1-5-39-22-9-8-18(12-23(22)40-6-2)10-11-32-26(34)15-20(19-13-24(38-4)29-25(14-19)42-17-43-29)27-28(35)21(16-33-30(27)36)31(37)41-7-3/h8-9,12-14,16,20H,5-7,10-11,15,17H2,1-4H3,(H,32,34)(H2,33,35,36)/t20-/m0/s1. The van der Waals surface area contributed by atoms with E-state index >= 15 is 0 Å². The van der Waals surface area contributed by atoms with Crippen LogP contribution in [0.2, 0.25) is 0 Å². The van der Waals surface area contributed by atoms with Crippen LogP contribution in [-0.4, -0.2) is 62.2 Å². The van der Waals surface area contributed by atoms with E-state index in [4.69, 9.17) is 28.4 Å². The first-order valence-corrected chi connectivity index (χ1v) is 14.1. The zero-order valence-electron chi connectivity index (χ0n) is 24.6. The quantitative estimate of drug-likeness (QED) is 0.235. The number of ether oxygens (including phenoxy) is 6. The molecule has 12 nitrogen and oxygen atoms in total. The largest absolute Gasteiger partial charge is 0.506 e. The number of methoxy groups -OCH3 is 1. The number of carbonyl (C=O) groups is 2. The van der Waals surface area contributed by atoms with Crippen LogP contribution in [0.15, 0.2) is 41.3 Å². The van der Waals surface area contributed by atoms with Crippen molar-refractivity contribution >= 4 is 11.9 Å². The number of carbonyl (C=O) groups excluding carboxylic acids is 2. The van der Waals surface area contributed by atoms with Gasteiger partial charge in [-0.05, 0) is 62.6 Å². The fourth-order valence-electron chi connectivity index (χ4n) is 4.82. The summed E-state index contributed by atoms with van der Waals surface area (Å²) in [4.78, 5) is 41.4. The lowest BCUT2D eigenvalue weighted by Crippen LogP contribution is -2.29. The fourth-order valence-corrected chi connectivity index (χ4v) is 4.82. The molecule has 0 saturated heterocycles. The molecule has 0 fully saturated rings. The maximum absolute atomic E-state index is 13.3. The van der Waals surface area contributed by atoms with E-state index in [9.17, 15) is 19.5 Å². The first-order valence-electron chi connectivity index (χ1n) is 14.1. The van der Waals surface area contributed by atoms with Gasteiger partial charge in [0.25, 0.3) is 5.56 Å². The number of H-pyrrole nitrogens is 1. The number of rotatable bonds is 14. The number of benzene rings is 2. The number of esters is 1. The van der Waals surface area contributed by atoms with E-state index in [-0.39, 0.29) is 30.9 Å². The Morgan fingerprint density at radius 2 is 1.79 bits per heavy atom. The van der Waals surface area contributed by atoms with Gasteiger partial charge in [0.05, 0.1) is 32.5 Å². The lowest BCUT2D eigenvalue weighted by atomic mass is 9.87. The molecule has 230 valence electrons. The highest BCUT2D eigenvalue weighted by Crippen LogP contribution is 2.45. The minimum atomic E-state index is -0.989. The van der Waals surface area contributed by atoms with E-state index in [1.807, 2.05) is 32.0 Å². The summed E-state index contributed by atoms with van der Waals surface area (Å²) in [5.41, 5.74) is 0.300. The second kappa shape index (κ2) is 14.3. The maximum atomic E-state index is 13.3. The minimum absolute atomic E-state index is 0.0268. The Morgan fingerprint density at radius 1 is 1.02 bits per heavy atom. The molecule has 0 unspecified atom stereocenters. The van der Waals surface area contributed by atoms with Gasteiger partial charge in [-0.15, -0.1) is 0 Å². The van der Waals surface area contributed by atoms with Gasteiger partial charge in [-0.3, -0.25) is 9.59 Å². The predicted octanol–water partition coefficient (Wildman–Crippen LogP) is 3.67. The van der Waals surface area contributed by atoms with E-state index < -0.39 is 29.1 Å². The van der Waals surface area contributed by atoms with Crippen molar-refractivity contribution in [1.82, 2.24) is 10.3 Å². The molecule has 0 aliphatic carbocycles.